The summed E-state index contributed by atoms with van der Waals surface area (Å²) in [6, 6.07) is 10.1. The molecule has 0 unspecified atom stereocenters. The first kappa shape index (κ1) is 19.4. The van der Waals surface area contributed by atoms with Gasteiger partial charge in [0.05, 0.1) is 5.60 Å². The largest absolute Gasteiger partial charge is 0.538 e. The van der Waals surface area contributed by atoms with E-state index in [1.54, 1.807) is 0 Å². The maximum Gasteiger partial charge on any atom is 0.538 e. The third-order valence-corrected chi connectivity index (χ3v) is 6.60. The van der Waals surface area contributed by atoms with Crippen molar-refractivity contribution in [2.45, 2.75) is 79.1 Å². The molecule has 0 aromatic heterocycles. The summed E-state index contributed by atoms with van der Waals surface area (Å²) in [5.74, 6) is 0. The fourth-order valence-corrected chi connectivity index (χ4v) is 5.76. The zero-order chi connectivity index (χ0) is 16.8. The van der Waals surface area contributed by atoms with E-state index in [1.807, 2.05) is 45.9 Å². The van der Waals surface area contributed by atoms with Gasteiger partial charge < -0.3 is 13.3 Å². The van der Waals surface area contributed by atoms with Crippen molar-refractivity contribution in [3.63, 3.8) is 0 Å². The van der Waals surface area contributed by atoms with Crippen LogP contribution in [0, 0.1) is 0 Å². The molecule has 0 aliphatic rings. The minimum Gasteiger partial charge on any atom is -0.367 e. The molecular weight excluding hydrogens is 292 g/mol. The summed E-state index contributed by atoms with van der Waals surface area (Å²) < 4.78 is 19.2. The van der Waals surface area contributed by atoms with Crippen LogP contribution < -0.4 is 5.19 Å². The van der Waals surface area contributed by atoms with Crippen molar-refractivity contribution in [3.05, 3.63) is 30.3 Å². The van der Waals surface area contributed by atoms with E-state index in [0.29, 0.717) is 0 Å². The van der Waals surface area contributed by atoms with Gasteiger partial charge in [0.2, 0.25) is 0 Å². The summed E-state index contributed by atoms with van der Waals surface area (Å²) >= 11 is 0. The molecule has 1 aromatic rings. The van der Waals surface area contributed by atoms with Crippen molar-refractivity contribution in [2.24, 2.45) is 0 Å². The van der Waals surface area contributed by atoms with E-state index in [0.717, 1.165) is 18.0 Å². The lowest BCUT2D eigenvalue weighted by atomic mass is 10.0. The zero-order valence-corrected chi connectivity index (χ0v) is 16.2. The fourth-order valence-electron chi connectivity index (χ4n) is 2.55. The quantitative estimate of drug-likeness (QED) is 0.635. The molecule has 0 bridgehead atoms. The number of hydrogen-bond donors (Lipinski definition) is 0. The first-order valence-electron chi connectivity index (χ1n) is 8.32. The van der Waals surface area contributed by atoms with E-state index in [1.165, 1.54) is 0 Å². The molecule has 0 amide bonds. The van der Waals surface area contributed by atoms with Crippen molar-refractivity contribution in [1.82, 2.24) is 0 Å². The Morgan fingerprint density at radius 1 is 0.955 bits per heavy atom. The van der Waals surface area contributed by atoms with Crippen molar-refractivity contribution in [3.8, 4) is 0 Å². The molecular formula is C18H32O3Si. The minimum absolute atomic E-state index is 0.0445. The van der Waals surface area contributed by atoms with Crippen molar-refractivity contribution >= 4 is 14.0 Å². The topological polar surface area (TPSA) is 27.7 Å². The SMILES string of the molecule is CCCC(C)(C)O[Si](OC(C)C)(OC(C)C)c1ccccc1. The van der Waals surface area contributed by atoms with Gasteiger partial charge in [-0.15, -0.1) is 0 Å². The van der Waals surface area contributed by atoms with Gasteiger partial charge in [0.25, 0.3) is 0 Å². The maximum absolute atomic E-state index is 6.57. The highest BCUT2D eigenvalue weighted by atomic mass is 28.4. The van der Waals surface area contributed by atoms with E-state index in [2.05, 4.69) is 32.9 Å². The van der Waals surface area contributed by atoms with Gasteiger partial charge in [0.1, 0.15) is 0 Å². The molecule has 0 spiro atoms. The Labute approximate surface area is 137 Å². The molecule has 0 atom stereocenters. The highest BCUT2D eigenvalue weighted by molar-refractivity contribution is 6.75. The van der Waals surface area contributed by atoms with Crippen LogP contribution in [0.5, 0.6) is 0 Å². The van der Waals surface area contributed by atoms with Gasteiger partial charge in [-0.25, -0.2) is 0 Å². The molecule has 0 radical (unpaired) electrons. The second-order valence-electron chi connectivity index (χ2n) is 6.87. The molecule has 3 nitrogen and oxygen atoms in total. The fraction of sp³-hybridized carbons (Fsp3) is 0.667. The normalized spacial score (nSPS) is 13.1. The Morgan fingerprint density at radius 3 is 1.86 bits per heavy atom. The number of benzene rings is 1. The van der Waals surface area contributed by atoms with Crippen LogP contribution in [0.4, 0.5) is 0 Å². The van der Waals surface area contributed by atoms with Crippen molar-refractivity contribution in [1.29, 1.82) is 0 Å². The minimum atomic E-state index is -2.97. The van der Waals surface area contributed by atoms with Gasteiger partial charge in [-0.05, 0) is 48.0 Å². The molecule has 0 aliphatic heterocycles. The predicted octanol–water partition coefficient (Wildman–Crippen LogP) is 4.28. The first-order chi connectivity index (χ1) is 10.2. The lowest BCUT2D eigenvalue weighted by Crippen LogP contribution is -2.62. The van der Waals surface area contributed by atoms with Gasteiger partial charge in [0.15, 0.2) is 0 Å². The molecule has 22 heavy (non-hydrogen) atoms. The van der Waals surface area contributed by atoms with Gasteiger partial charge in [-0.2, -0.15) is 0 Å². The summed E-state index contributed by atoms with van der Waals surface area (Å²) in [6.07, 6.45) is 2.12. The Morgan fingerprint density at radius 2 is 1.45 bits per heavy atom. The monoisotopic (exact) mass is 324 g/mol. The van der Waals surface area contributed by atoms with E-state index in [4.69, 9.17) is 13.3 Å². The van der Waals surface area contributed by atoms with E-state index >= 15 is 0 Å². The summed E-state index contributed by atoms with van der Waals surface area (Å²) in [5.41, 5.74) is -0.277. The molecule has 126 valence electrons. The van der Waals surface area contributed by atoms with Gasteiger partial charge in [-0.1, -0.05) is 43.7 Å². The Hall–Kier alpha value is -0.683. The maximum atomic E-state index is 6.57. The zero-order valence-electron chi connectivity index (χ0n) is 15.2. The standard InChI is InChI=1S/C18H32O3Si/c1-8-14-18(6,7)21-22(19-15(2)3,20-16(4)5)17-12-10-9-11-13-17/h9-13,15-16H,8,14H2,1-7H3. The molecule has 0 saturated heterocycles. The highest BCUT2D eigenvalue weighted by Gasteiger charge is 2.49. The van der Waals surface area contributed by atoms with E-state index in [9.17, 15) is 0 Å². The number of rotatable bonds is 9. The van der Waals surface area contributed by atoms with Crippen LogP contribution in [0.2, 0.25) is 0 Å². The third kappa shape index (κ3) is 5.84. The Balaban J connectivity index is 3.25. The molecule has 0 aliphatic carbocycles. The lowest BCUT2D eigenvalue weighted by molar-refractivity contribution is -0.0302. The van der Waals surface area contributed by atoms with Crippen LogP contribution in [0.1, 0.15) is 61.3 Å². The average Bonchev–Trinajstić information content (AvgIpc) is 2.37. The van der Waals surface area contributed by atoms with Crippen molar-refractivity contribution < 1.29 is 13.3 Å². The lowest BCUT2D eigenvalue weighted by Gasteiger charge is -2.39. The van der Waals surface area contributed by atoms with Crippen LogP contribution in [0.15, 0.2) is 30.3 Å². The van der Waals surface area contributed by atoms with Gasteiger partial charge in [0, 0.05) is 17.4 Å². The second-order valence-corrected chi connectivity index (χ2v) is 9.23. The molecule has 1 aromatic carbocycles. The predicted molar refractivity (Wildman–Crippen MR) is 94.3 cm³/mol. The summed E-state index contributed by atoms with van der Waals surface area (Å²) in [4.78, 5) is 0. The van der Waals surface area contributed by atoms with Crippen LogP contribution in [0.3, 0.4) is 0 Å². The average molecular weight is 325 g/mol. The van der Waals surface area contributed by atoms with Crippen LogP contribution in [-0.2, 0) is 13.3 Å². The Bertz CT molecular complexity index is 419. The highest BCUT2D eigenvalue weighted by Crippen LogP contribution is 2.26. The number of hydrogen-bond acceptors (Lipinski definition) is 3. The summed E-state index contributed by atoms with van der Waals surface area (Å²) in [7, 11) is -2.97. The molecule has 0 saturated carbocycles. The molecule has 0 heterocycles. The van der Waals surface area contributed by atoms with E-state index in [-0.39, 0.29) is 17.8 Å². The molecule has 0 fully saturated rings. The van der Waals surface area contributed by atoms with Crippen LogP contribution >= 0.6 is 0 Å². The first-order valence-corrected chi connectivity index (χ1v) is 10.0. The van der Waals surface area contributed by atoms with Crippen LogP contribution in [0.25, 0.3) is 0 Å². The van der Waals surface area contributed by atoms with Gasteiger partial charge >= 0.3 is 8.80 Å². The molecule has 4 heteroatoms. The summed E-state index contributed by atoms with van der Waals surface area (Å²) in [5, 5.41) is 1.03. The third-order valence-electron chi connectivity index (χ3n) is 3.17. The van der Waals surface area contributed by atoms with E-state index < -0.39 is 8.80 Å². The second kappa shape index (κ2) is 8.25. The smallest absolute Gasteiger partial charge is 0.367 e. The van der Waals surface area contributed by atoms with Crippen molar-refractivity contribution in [2.75, 3.05) is 0 Å². The molecule has 0 N–H and O–H groups in total. The molecule has 1 rings (SSSR count). The van der Waals surface area contributed by atoms with Gasteiger partial charge in [-0.3, -0.25) is 0 Å². The summed E-state index contributed by atoms with van der Waals surface area (Å²) in [6.45, 7) is 14.5. The van der Waals surface area contributed by atoms with Crippen LogP contribution in [-0.4, -0.2) is 26.6 Å². The Kier molecular flexibility index (Phi) is 7.26.